The Balaban J connectivity index is 1.26. The summed E-state index contributed by atoms with van der Waals surface area (Å²) in [7, 11) is 0. The third kappa shape index (κ3) is 5.08. The predicted octanol–water partition coefficient (Wildman–Crippen LogP) is 4.29. The van der Waals surface area contributed by atoms with Gasteiger partial charge in [0.05, 0.1) is 0 Å². The number of anilines is 2. The van der Waals surface area contributed by atoms with Crippen LogP contribution in [0.3, 0.4) is 0 Å². The van der Waals surface area contributed by atoms with Crippen molar-refractivity contribution in [2.75, 3.05) is 23.7 Å². The number of halogens is 1. The lowest BCUT2D eigenvalue weighted by Crippen LogP contribution is -2.41. The van der Waals surface area contributed by atoms with Gasteiger partial charge in [-0.05, 0) is 74.2 Å². The van der Waals surface area contributed by atoms with Gasteiger partial charge in [0.25, 0.3) is 5.91 Å². The van der Waals surface area contributed by atoms with Gasteiger partial charge in [-0.3, -0.25) is 14.4 Å². The minimum atomic E-state index is -0.117. The lowest BCUT2D eigenvalue weighted by Gasteiger charge is -2.31. The summed E-state index contributed by atoms with van der Waals surface area (Å²) >= 11 is 3.38. The number of carbonyl (C=O) groups excluding carboxylic acids is 3. The molecular formula is C23H24BrN3O3. The number of amides is 3. The third-order valence-electron chi connectivity index (χ3n) is 5.61. The van der Waals surface area contributed by atoms with Crippen molar-refractivity contribution in [2.24, 2.45) is 11.8 Å². The van der Waals surface area contributed by atoms with Crippen molar-refractivity contribution in [3.05, 3.63) is 58.6 Å². The monoisotopic (exact) mass is 469 g/mol. The highest BCUT2D eigenvalue weighted by Crippen LogP contribution is 2.30. The van der Waals surface area contributed by atoms with Crippen LogP contribution in [0.1, 0.15) is 36.0 Å². The van der Waals surface area contributed by atoms with Crippen molar-refractivity contribution in [3.63, 3.8) is 0 Å². The Bertz CT molecular complexity index is 931. The van der Waals surface area contributed by atoms with Gasteiger partial charge in [0, 0.05) is 46.3 Å². The standard InChI is InChI=1S/C23H24BrN3O3/c24-18-5-3-17(4-6-18)23(30)27-13-11-16(12-14-27)22(29)26-20-9-7-19(8-10-20)25-21(28)15-1-2-15/h3-10,15-16H,1-2,11-14H2,(H,25,28)(H,26,29). The van der Waals surface area contributed by atoms with Crippen molar-refractivity contribution in [3.8, 4) is 0 Å². The molecule has 1 aliphatic carbocycles. The first kappa shape index (κ1) is 20.6. The van der Waals surface area contributed by atoms with Crippen molar-refractivity contribution >= 4 is 45.0 Å². The van der Waals surface area contributed by atoms with Gasteiger partial charge in [0.1, 0.15) is 0 Å². The van der Waals surface area contributed by atoms with Crippen LogP contribution in [0.4, 0.5) is 11.4 Å². The number of piperidine rings is 1. The van der Waals surface area contributed by atoms with Crippen molar-refractivity contribution in [2.45, 2.75) is 25.7 Å². The quantitative estimate of drug-likeness (QED) is 0.685. The molecule has 2 aromatic rings. The van der Waals surface area contributed by atoms with Crippen molar-refractivity contribution in [1.29, 1.82) is 0 Å². The number of nitrogens with zero attached hydrogens (tertiary/aromatic N) is 1. The molecule has 1 saturated heterocycles. The molecule has 0 spiro atoms. The molecule has 4 rings (SSSR count). The number of carbonyl (C=O) groups is 3. The Labute approximate surface area is 184 Å². The SMILES string of the molecule is O=C(Nc1ccc(NC(=O)C2CCN(C(=O)c3ccc(Br)cc3)CC2)cc1)C1CC1. The largest absolute Gasteiger partial charge is 0.339 e. The molecule has 0 atom stereocenters. The number of nitrogens with one attached hydrogen (secondary N) is 2. The molecule has 0 unspecified atom stereocenters. The summed E-state index contributed by atoms with van der Waals surface area (Å²) in [6, 6.07) is 14.5. The number of rotatable bonds is 5. The Morgan fingerprint density at radius 1 is 0.733 bits per heavy atom. The summed E-state index contributed by atoms with van der Waals surface area (Å²) in [6.45, 7) is 1.14. The highest BCUT2D eigenvalue weighted by atomic mass is 79.9. The zero-order chi connectivity index (χ0) is 21.1. The highest BCUT2D eigenvalue weighted by Gasteiger charge is 2.30. The average Bonchev–Trinajstić information content (AvgIpc) is 3.61. The molecule has 2 fully saturated rings. The summed E-state index contributed by atoms with van der Waals surface area (Å²) in [5.74, 6) is 0.0843. The maximum Gasteiger partial charge on any atom is 0.253 e. The predicted molar refractivity (Wildman–Crippen MR) is 119 cm³/mol. The van der Waals surface area contributed by atoms with E-state index in [0.717, 1.165) is 23.0 Å². The minimum Gasteiger partial charge on any atom is -0.339 e. The van der Waals surface area contributed by atoms with Gasteiger partial charge < -0.3 is 15.5 Å². The van der Waals surface area contributed by atoms with E-state index in [2.05, 4.69) is 26.6 Å². The fourth-order valence-electron chi connectivity index (χ4n) is 3.59. The van der Waals surface area contributed by atoms with E-state index >= 15 is 0 Å². The van der Waals surface area contributed by atoms with Gasteiger partial charge >= 0.3 is 0 Å². The normalized spacial score (nSPS) is 16.8. The number of benzene rings is 2. The van der Waals surface area contributed by atoms with Gasteiger partial charge in [0.15, 0.2) is 0 Å². The Kier molecular flexibility index (Phi) is 6.18. The second-order valence-electron chi connectivity index (χ2n) is 7.90. The van der Waals surface area contributed by atoms with Gasteiger partial charge in [-0.1, -0.05) is 15.9 Å². The Hall–Kier alpha value is -2.67. The van der Waals surface area contributed by atoms with Crippen LogP contribution in [0.5, 0.6) is 0 Å². The molecule has 2 aromatic carbocycles. The average molecular weight is 470 g/mol. The highest BCUT2D eigenvalue weighted by molar-refractivity contribution is 9.10. The molecule has 0 bridgehead atoms. The molecule has 3 amide bonds. The van der Waals surface area contributed by atoms with E-state index in [4.69, 9.17) is 0 Å². The molecular weight excluding hydrogens is 446 g/mol. The lowest BCUT2D eigenvalue weighted by molar-refractivity contribution is -0.121. The van der Waals surface area contributed by atoms with Crippen LogP contribution in [0, 0.1) is 11.8 Å². The Morgan fingerprint density at radius 3 is 1.67 bits per heavy atom. The minimum absolute atomic E-state index is 0.00481. The summed E-state index contributed by atoms with van der Waals surface area (Å²) in [5, 5.41) is 5.84. The first-order valence-electron chi connectivity index (χ1n) is 10.3. The number of hydrogen-bond acceptors (Lipinski definition) is 3. The second kappa shape index (κ2) is 9.00. The van der Waals surface area contributed by atoms with Crippen molar-refractivity contribution in [1.82, 2.24) is 4.90 Å². The molecule has 2 N–H and O–H groups in total. The molecule has 1 aliphatic heterocycles. The first-order valence-corrected chi connectivity index (χ1v) is 11.1. The van der Waals surface area contributed by atoms with E-state index in [9.17, 15) is 14.4 Å². The third-order valence-corrected chi connectivity index (χ3v) is 6.14. The molecule has 2 aliphatic rings. The van der Waals surface area contributed by atoms with E-state index in [1.54, 1.807) is 24.3 Å². The van der Waals surface area contributed by atoms with E-state index < -0.39 is 0 Å². The summed E-state index contributed by atoms with van der Waals surface area (Å²) < 4.78 is 0.938. The topological polar surface area (TPSA) is 78.5 Å². The van der Waals surface area contributed by atoms with E-state index in [1.165, 1.54) is 0 Å². The molecule has 7 heteroatoms. The van der Waals surface area contributed by atoms with Crippen LogP contribution in [0.15, 0.2) is 53.0 Å². The summed E-state index contributed by atoms with van der Waals surface area (Å²) in [4.78, 5) is 38.9. The molecule has 6 nitrogen and oxygen atoms in total. The summed E-state index contributed by atoms with van der Waals surface area (Å²) in [5.41, 5.74) is 2.11. The van der Waals surface area contributed by atoms with Crippen LogP contribution in [-0.2, 0) is 9.59 Å². The second-order valence-corrected chi connectivity index (χ2v) is 8.82. The zero-order valence-electron chi connectivity index (χ0n) is 16.6. The molecule has 1 saturated carbocycles. The van der Waals surface area contributed by atoms with Crippen LogP contribution < -0.4 is 10.6 Å². The lowest BCUT2D eigenvalue weighted by atomic mass is 9.95. The fourth-order valence-corrected chi connectivity index (χ4v) is 3.86. The maximum absolute atomic E-state index is 12.6. The first-order chi connectivity index (χ1) is 14.5. The fraction of sp³-hybridized carbons (Fsp3) is 0.348. The van der Waals surface area contributed by atoms with E-state index in [0.29, 0.717) is 37.2 Å². The Morgan fingerprint density at radius 2 is 1.20 bits per heavy atom. The van der Waals surface area contributed by atoms with E-state index in [-0.39, 0.29) is 29.6 Å². The molecule has 0 aromatic heterocycles. The molecule has 156 valence electrons. The van der Waals surface area contributed by atoms with Crippen molar-refractivity contribution < 1.29 is 14.4 Å². The van der Waals surface area contributed by atoms with Crippen LogP contribution in [-0.4, -0.2) is 35.7 Å². The van der Waals surface area contributed by atoms with Crippen LogP contribution >= 0.6 is 15.9 Å². The summed E-state index contributed by atoms with van der Waals surface area (Å²) in [6.07, 6.45) is 3.22. The zero-order valence-corrected chi connectivity index (χ0v) is 18.2. The van der Waals surface area contributed by atoms with Crippen LogP contribution in [0.2, 0.25) is 0 Å². The van der Waals surface area contributed by atoms with Gasteiger partial charge in [-0.25, -0.2) is 0 Å². The maximum atomic E-state index is 12.6. The molecule has 0 radical (unpaired) electrons. The molecule has 1 heterocycles. The molecule has 30 heavy (non-hydrogen) atoms. The van der Waals surface area contributed by atoms with Crippen LogP contribution in [0.25, 0.3) is 0 Å². The van der Waals surface area contributed by atoms with Gasteiger partial charge in [0.2, 0.25) is 11.8 Å². The van der Waals surface area contributed by atoms with E-state index in [1.807, 2.05) is 29.2 Å². The van der Waals surface area contributed by atoms with Gasteiger partial charge in [-0.15, -0.1) is 0 Å². The number of likely N-dealkylation sites (tertiary alicyclic amines) is 1. The smallest absolute Gasteiger partial charge is 0.253 e. The number of hydrogen-bond donors (Lipinski definition) is 2. The van der Waals surface area contributed by atoms with Gasteiger partial charge in [-0.2, -0.15) is 0 Å².